The van der Waals surface area contributed by atoms with Crippen molar-refractivity contribution < 1.29 is 30.7 Å². The molecule has 2 nitrogen and oxygen atoms in total. The minimum atomic E-state index is 0. The second-order valence-electron chi connectivity index (χ2n) is 0.789. The van der Waals surface area contributed by atoms with Gasteiger partial charge in [-0.3, -0.25) is 12.6 Å². The second kappa shape index (κ2) is 9.39. The van der Waals surface area contributed by atoms with E-state index < -0.39 is 0 Å². The fraction of sp³-hybridized carbons (Fsp3) is 0.500. The van der Waals surface area contributed by atoms with Gasteiger partial charge in [-0.15, -0.1) is 0 Å². The molecule has 0 saturated carbocycles. The van der Waals surface area contributed by atoms with Crippen LogP contribution in [0.2, 0.25) is 0 Å². The van der Waals surface area contributed by atoms with Crippen LogP contribution in [0.15, 0.2) is 0 Å². The normalized spacial score (nSPS) is 6.29. The van der Waals surface area contributed by atoms with Gasteiger partial charge in [-0.25, -0.2) is 0 Å². The van der Waals surface area contributed by atoms with Gasteiger partial charge in [-0.05, 0) is 0 Å². The molecule has 0 aliphatic heterocycles. The van der Waals surface area contributed by atoms with Gasteiger partial charge in [0.15, 0.2) is 0 Å². The maximum Gasteiger partial charge on any atom is 2.00 e. The summed E-state index contributed by atoms with van der Waals surface area (Å²) in [5.41, 5.74) is 0. The van der Waals surface area contributed by atoms with E-state index in [2.05, 4.69) is 0 Å². The molecule has 0 spiro atoms. The summed E-state index contributed by atoms with van der Waals surface area (Å²) in [7, 11) is 0. The molecule has 0 saturated heterocycles. The summed E-state index contributed by atoms with van der Waals surface area (Å²) in [5, 5.41) is 0. The first-order valence-electron chi connectivity index (χ1n) is 1.62. The van der Waals surface area contributed by atoms with Gasteiger partial charge >= 0.3 is 21.1 Å². The largest absolute Gasteiger partial charge is 2.00 e. The van der Waals surface area contributed by atoms with Crippen molar-refractivity contribution in [3.63, 3.8) is 0 Å². The maximum absolute atomic E-state index is 9.26. The summed E-state index contributed by atoms with van der Waals surface area (Å²) in [6.07, 6.45) is 3.48. The van der Waals surface area contributed by atoms with Crippen LogP contribution in [0.25, 0.3) is 0 Å². The first kappa shape index (κ1) is 10.1. The van der Waals surface area contributed by atoms with Crippen LogP contribution in [-0.2, 0) is 30.7 Å². The standard InChI is InChI=1S/C4H4O2.W/c5-3-1-2-4-6;/h1-2H2;/q-2;+2. The summed E-state index contributed by atoms with van der Waals surface area (Å²) < 4.78 is 0. The molecule has 0 atom stereocenters. The van der Waals surface area contributed by atoms with Crippen molar-refractivity contribution in [1.82, 2.24) is 0 Å². The molecule has 0 fully saturated rings. The molecule has 0 unspecified atom stereocenters. The number of hydrogen-bond acceptors (Lipinski definition) is 2. The quantitative estimate of drug-likeness (QED) is 0.532. The van der Waals surface area contributed by atoms with Crippen molar-refractivity contribution in [3.8, 4) is 0 Å². The molecular weight excluding hydrogens is 264 g/mol. The Kier molecular flexibility index (Phi) is 13.6. The van der Waals surface area contributed by atoms with E-state index >= 15 is 0 Å². The molecule has 0 aromatic carbocycles. The van der Waals surface area contributed by atoms with Crippen molar-refractivity contribution >= 4 is 12.6 Å². The third-order valence-electron chi connectivity index (χ3n) is 0.329. The Hall–Kier alpha value is 0.0283. The van der Waals surface area contributed by atoms with Crippen LogP contribution in [0.5, 0.6) is 0 Å². The van der Waals surface area contributed by atoms with E-state index in [9.17, 15) is 9.59 Å². The SMILES string of the molecule is O=[C-]CC[C-]=O.[W+2]. The summed E-state index contributed by atoms with van der Waals surface area (Å²) >= 11 is 0. The zero-order valence-corrected chi connectivity index (χ0v) is 6.57. The molecule has 0 rings (SSSR count). The minimum Gasteiger partial charge on any atom is -0.542 e. The van der Waals surface area contributed by atoms with Gasteiger partial charge in [0.2, 0.25) is 0 Å². The Morgan fingerprint density at radius 3 is 1.43 bits per heavy atom. The average Bonchev–Trinajstić information content (AvgIpc) is 1.61. The van der Waals surface area contributed by atoms with Crippen LogP contribution in [0.1, 0.15) is 12.8 Å². The van der Waals surface area contributed by atoms with Gasteiger partial charge in [0.25, 0.3) is 0 Å². The summed E-state index contributed by atoms with van der Waals surface area (Å²) in [6, 6.07) is 0. The van der Waals surface area contributed by atoms with E-state index in [1.54, 1.807) is 12.6 Å². The molecule has 0 bridgehead atoms. The van der Waals surface area contributed by atoms with Gasteiger partial charge in [0, 0.05) is 0 Å². The number of rotatable bonds is 3. The zero-order chi connectivity index (χ0) is 4.83. The molecule has 7 heavy (non-hydrogen) atoms. The average molecular weight is 268 g/mol. The second-order valence-corrected chi connectivity index (χ2v) is 0.789. The van der Waals surface area contributed by atoms with E-state index in [1.165, 1.54) is 0 Å². The van der Waals surface area contributed by atoms with Gasteiger partial charge in [0.05, 0.1) is 0 Å². The fourth-order valence-electron chi connectivity index (χ4n) is 0.102. The summed E-state index contributed by atoms with van der Waals surface area (Å²) in [6.45, 7) is 0. The Bertz CT molecular complexity index is 45.7. The molecular formula is C4H4O2W. The van der Waals surface area contributed by atoms with Crippen LogP contribution >= 0.6 is 0 Å². The first-order chi connectivity index (χ1) is 2.91. The van der Waals surface area contributed by atoms with Gasteiger partial charge < -0.3 is 9.59 Å². The number of unbranched alkanes of at least 4 members (excludes halogenated alkanes) is 1. The van der Waals surface area contributed by atoms with Crippen molar-refractivity contribution in [2.45, 2.75) is 12.8 Å². The van der Waals surface area contributed by atoms with E-state index in [4.69, 9.17) is 0 Å². The maximum atomic E-state index is 9.26. The van der Waals surface area contributed by atoms with Crippen molar-refractivity contribution in [2.75, 3.05) is 0 Å². The van der Waals surface area contributed by atoms with E-state index in [-0.39, 0.29) is 33.9 Å². The Morgan fingerprint density at radius 1 is 1.00 bits per heavy atom. The Morgan fingerprint density at radius 2 is 1.29 bits per heavy atom. The molecule has 0 aliphatic rings. The number of carbonyl (C=O) groups excluding carboxylic acids is 2. The van der Waals surface area contributed by atoms with Gasteiger partial charge in [0.1, 0.15) is 0 Å². The fourth-order valence-corrected chi connectivity index (χ4v) is 0.102. The summed E-state index contributed by atoms with van der Waals surface area (Å²) in [4.78, 5) is 18.5. The summed E-state index contributed by atoms with van der Waals surface area (Å²) in [5.74, 6) is 0. The molecule has 0 aromatic rings. The topological polar surface area (TPSA) is 34.1 Å². The van der Waals surface area contributed by atoms with Crippen molar-refractivity contribution in [3.05, 3.63) is 0 Å². The Labute approximate surface area is 56.5 Å². The smallest absolute Gasteiger partial charge is 0.542 e. The molecule has 0 aliphatic carbocycles. The van der Waals surface area contributed by atoms with E-state index in [0.717, 1.165) is 0 Å². The third kappa shape index (κ3) is 10.7. The van der Waals surface area contributed by atoms with Crippen LogP contribution in [0.4, 0.5) is 0 Å². The molecule has 38 valence electrons. The molecule has 0 heterocycles. The molecule has 0 N–H and O–H groups in total. The monoisotopic (exact) mass is 268 g/mol. The van der Waals surface area contributed by atoms with E-state index in [0.29, 0.717) is 0 Å². The molecule has 3 heteroatoms. The van der Waals surface area contributed by atoms with E-state index in [1.807, 2.05) is 0 Å². The van der Waals surface area contributed by atoms with Crippen LogP contribution in [-0.4, -0.2) is 12.6 Å². The Balaban J connectivity index is 0. The molecule has 0 amide bonds. The predicted octanol–water partition coefficient (Wildman–Crippen LogP) is -0.0165. The van der Waals surface area contributed by atoms with Crippen molar-refractivity contribution in [1.29, 1.82) is 0 Å². The third-order valence-corrected chi connectivity index (χ3v) is 0.329. The first-order valence-corrected chi connectivity index (χ1v) is 1.62. The van der Waals surface area contributed by atoms with Gasteiger partial charge in [-0.1, -0.05) is 0 Å². The zero-order valence-electron chi connectivity index (χ0n) is 3.64. The predicted molar refractivity (Wildman–Crippen MR) is 20.6 cm³/mol. The van der Waals surface area contributed by atoms with Crippen LogP contribution in [0, 0.1) is 0 Å². The van der Waals surface area contributed by atoms with Crippen LogP contribution in [0.3, 0.4) is 0 Å². The minimum absolute atomic E-state index is 0. The molecule has 0 aromatic heterocycles. The molecule has 0 radical (unpaired) electrons. The van der Waals surface area contributed by atoms with Gasteiger partial charge in [-0.2, -0.15) is 12.8 Å². The number of hydrogen-bond donors (Lipinski definition) is 0. The van der Waals surface area contributed by atoms with Crippen molar-refractivity contribution in [2.24, 2.45) is 0 Å². The van der Waals surface area contributed by atoms with Crippen LogP contribution < -0.4 is 0 Å².